The van der Waals surface area contributed by atoms with E-state index in [-0.39, 0.29) is 6.04 Å². The summed E-state index contributed by atoms with van der Waals surface area (Å²) in [5, 5.41) is 14.0. The van der Waals surface area contributed by atoms with Gasteiger partial charge in [0.2, 0.25) is 0 Å². The zero-order chi connectivity index (χ0) is 11.7. The fourth-order valence-electron chi connectivity index (χ4n) is 2.14. The van der Waals surface area contributed by atoms with Crippen LogP contribution in [0.15, 0.2) is 12.1 Å². The third-order valence-corrected chi connectivity index (χ3v) is 3.23. The number of hydrogen-bond acceptors (Lipinski definition) is 3. The van der Waals surface area contributed by atoms with Gasteiger partial charge in [-0.05, 0) is 38.1 Å². The van der Waals surface area contributed by atoms with E-state index in [1.54, 1.807) is 6.07 Å². The SMILES string of the molecule is CN[C@@H]1CCOc2c(C)cc(Cl)cc2[C@H]1O. The van der Waals surface area contributed by atoms with Gasteiger partial charge in [-0.2, -0.15) is 0 Å². The monoisotopic (exact) mass is 241 g/mol. The maximum Gasteiger partial charge on any atom is 0.128 e. The second-order valence-corrected chi connectivity index (χ2v) is 4.55. The van der Waals surface area contributed by atoms with E-state index in [1.807, 2.05) is 20.0 Å². The Labute approximate surface area is 100 Å². The van der Waals surface area contributed by atoms with E-state index in [9.17, 15) is 5.11 Å². The number of likely N-dealkylation sites (N-methyl/N-ethyl adjacent to an activating group) is 1. The number of hydrogen-bond donors (Lipinski definition) is 2. The van der Waals surface area contributed by atoms with Crippen molar-refractivity contribution in [1.82, 2.24) is 5.32 Å². The first-order chi connectivity index (χ1) is 7.63. The molecule has 3 nitrogen and oxygen atoms in total. The minimum absolute atomic E-state index is 0.0131. The smallest absolute Gasteiger partial charge is 0.128 e. The fraction of sp³-hybridized carbons (Fsp3) is 0.500. The van der Waals surface area contributed by atoms with Crippen LogP contribution in [0.25, 0.3) is 0 Å². The Morgan fingerprint density at radius 3 is 2.94 bits per heavy atom. The molecule has 0 fully saturated rings. The summed E-state index contributed by atoms with van der Waals surface area (Å²) in [6, 6.07) is 3.65. The summed E-state index contributed by atoms with van der Waals surface area (Å²) in [5.74, 6) is 0.773. The van der Waals surface area contributed by atoms with Crippen molar-refractivity contribution < 1.29 is 9.84 Å². The summed E-state index contributed by atoms with van der Waals surface area (Å²) in [5.41, 5.74) is 1.75. The molecule has 0 aromatic heterocycles. The largest absolute Gasteiger partial charge is 0.493 e. The first-order valence-electron chi connectivity index (χ1n) is 5.41. The summed E-state index contributed by atoms with van der Waals surface area (Å²) in [7, 11) is 1.84. The molecule has 1 aliphatic heterocycles. The van der Waals surface area contributed by atoms with Gasteiger partial charge in [0.1, 0.15) is 5.75 Å². The normalized spacial score (nSPS) is 24.5. The summed E-state index contributed by atoms with van der Waals surface area (Å²) < 4.78 is 5.68. The van der Waals surface area contributed by atoms with E-state index in [2.05, 4.69) is 5.32 Å². The van der Waals surface area contributed by atoms with Crippen molar-refractivity contribution in [3.05, 3.63) is 28.3 Å². The quantitative estimate of drug-likeness (QED) is 0.791. The molecule has 0 unspecified atom stereocenters. The third kappa shape index (κ3) is 2.03. The number of aliphatic hydroxyl groups is 1. The average molecular weight is 242 g/mol. The lowest BCUT2D eigenvalue weighted by molar-refractivity contribution is 0.130. The Morgan fingerprint density at radius 2 is 2.25 bits per heavy atom. The molecular formula is C12H16ClNO2. The summed E-state index contributed by atoms with van der Waals surface area (Å²) in [6.07, 6.45) is 0.212. The van der Waals surface area contributed by atoms with Gasteiger partial charge < -0.3 is 15.2 Å². The first-order valence-corrected chi connectivity index (χ1v) is 5.79. The van der Waals surface area contributed by atoms with E-state index in [4.69, 9.17) is 16.3 Å². The highest BCUT2D eigenvalue weighted by Gasteiger charge is 2.27. The lowest BCUT2D eigenvalue weighted by Gasteiger charge is -2.20. The molecule has 2 rings (SSSR count). The fourth-order valence-corrected chi connectivity index (χ4v) is 2.42. The number of halogens is 1. The molecule has 0 spiro atoms. The predicted molar refractivity (Wildman–Crippen MR) is 64.1 cm³/mol. The van der Waals surface area contributed by atoms with Crippen LogP contribution in [0, 0.1) is 6.92 Å². The Kier molecular flexibility index (Phi) is 3.38. The van der Waals surface area contributed by atoms with Gasteiger partial charge in [-0.15, -0.1) is 0 Å². The average Bonchev–Trinajstić information content (AvgIpc) is 2.39. The highest BCUT2D eigenvalue weighted by atomic mass is 35.5. The van der Waals surface area contributed by atoms with Gasteiger partial charge >= 0.3 is 0 Å². The molecule has 0 aliphatic carbocycles. The molecule has 1 heterocycles. The number of fused-ring (bicyclic) bond motifs is 1. The predicted octanol–water partition coefficient (Wildman–Crippen LogP) is 2.05. The Bertz CT molecular complexity index is 395. The molecular weight excluding hydrogens is 226 g/mol. The molecule has 1 aliphatic rings. The molecule has 4 heteroatoms. The highest BCUT2D eigenvalue weighted by molar-refractivity contribution is 6.30. The maximum atomic E-state index is 10.2. The van der Waals surface area contributed by atoms with Crippen LogP contribution < -0.4 is 10.1 Å². The molecule has 0 radical (unpaired) electrons. The van der Waals surface area contributed by atoms with E-state index < -0.39 is 6.10 Å². The molecule has 0 bridgehead atoms. The molecule has 2 N–H and O–H groups in total. The van der Waals surface area contributed by atoms with Crippen molar-refractivity contribution in [1.29, 1.82) is 0 Å². The van der Waals surface area contributed by atoms with Crippen LogP contribution in [0.4, 0.5) is 0 Å². The van der Waals surface area contributed by atoms with E-state index >= 15 is 0 Å². The van der Waals surface area contributed by atoms with Crippen molar-refractivity contribution in [3.63, 3.8) is 0 Å². The number of nitrogens with one attached hydrogen (secondary N) is 1. The topological polar surface area (TPSA) is 41.5 Å². The van der Waals surface area contributed by atoms with Gasteiger partial charge in [0.05, 0.1) is 12.7 Å². The van der Waals surface area contributed by atoms with Gasteiger partial charge in [0, 0.05) is 16.6 Å². The van der Waals surface area contributed by atoms with Crippen LogP contribution in [-0.4, -0.2) is 24.8 Å². The van der Waals surface area contributed by atoms with Crippen molar-refractivity contribution in [3.8, 4) is 5.75 Å². The highest BCUT2D eigenvalue weighted by Crippen LogP contribution is 2.36. The molecule has 0 saturated carbocycles. The lowest BCUT2D eigenvalue weighted by atomic mass is 9.98. The van der Waals surface area contributed by atoms with Crippen LogP contribution >= 0.6 is 11.6 Å². The van der Waals surface area contributed by atoms with Gasteiger partial charge in [-0.3, -0.25) is 0 Å². The minimum Gasteiger partial charge on any atom is -0.493 e. The van der Waals surface area contributed by atoms with Crippen molar-refractivity contribution >= 4 is 11.6 Å². The van der Waals surface area contributed by atoms with Crippen molar-refractivity contribution in [2.75, 3.05) is 13.7 Å². The Morgan fingerprint density at radius 1 is 1.50 bits per heavy atom. The number of aliphatic hydroxyl groups excluding tert-OH is 1. The first kappa shape index (κ1) is 11.7. The number of rotatable bonds is 1. The zero-order valence-electron chi connectivity index (χ0n) is 9.46. The van der Waals surface area contributed by atoms with Gasteiger partial charge in [-0.25, -0.2) is 0 Å². The van der Waals surface area contributed by atoms with E-state index in [0.717, 1.165) is 23.3 Å². The van der Waals surface area contributed by atoms with Crippen LogP contribution in [0.5, 0.6) is 5.75 Å². The Hall–Kier alpha value is -0.770. The van der Waals surface area contributed by atoms with Crippen LogP contribution in [0.1, 0.15) is 23.7 Å². The molecule has 16 heavy (non-hydrogen) atoms. The maximum absolute atomic E-state index is 10.2. The molecule has 0 saturated heterocycles. The minimum atomic E-state index is -0.570. The molecule has 0 amide bonds. The number of ether oxygens (including phenoxy) is 1. The molecule has 2 atom stereocenters. The van der Waals surface area contributed by atoms with Gasteiger partial charge in [-0.1, -0.05) is 11.6 Å². The summed E-state index contributed by atoms with van der Waals surface area (Å²) in [6.45, 7) is 2.55. The van der Waals surface area contributed by atoms with Gasteiger partial charge in [0.25, 0.3) is 0 Å². The number of benzene rings is 1. The Balaban J connectivity index is 2.48. The lowest BCUT2D eigenvalue weighted by Crippen LogP contribution is -2.32. The third-order valence-electron chi connectivity index (χ3n) is 3.01. The summed E-state index contributed by atoms with van der Waals surface area (Å²) >= 11 is 6.00. The van der Waals surface area contributed by atoms with Crippen LogP contribution in [0.2, 0.25) is 5.02 Å². The van der Waals surface area contributed by atoms with Crippen LogP contribution in [0.3, 0.4) is 0 Å². The van der Waals surface area contributed by atoms with E-state index in [1.165, 1.54) is 0 Å². The second kappa shape index (κ2) is 4.62. The van der Waals surface area contributed by atoms with Crippen molar-refractivity contribution in [2.45, 2.75) is 25.5 Å². The number of aryl methyl sites for hydroxylation is 1. The summed E-state index contributed by atoms with van der Waals surface area (Å²) in [4.78, 5) is 0. The molecule has 88 valence electrons. The molecule has 1 aromatic rings. The zero-order valence-corrected chi connectivity index (χ0v) is 10.2. The van der Waals surface area contributed by atoms with Gasteiger partial charge in [0.15, 0.2) is 0 Å². The molecule has 1 aromatic carbocycles. The van der Waals surface area contributed by atoms with Crippen LogP contribution in [-0.2, 0) is 0 Å². The second-order valence-electron chi connectivity index (χ2n) is 4.12. The standard InChI is InChI=1S/C12H16ClNO2/c1-7-5-8(13)6-9-11(15)10(14-2)3-4-16-12(7)9/h5-6,10-11,14-15H,3-4H2,1-2H3/t10-,11-/m1/s1. The van der Waals surface area contributed by atoms with E-state index in [0.29, 0.717) is 11.6 Å². The van der Waals surface area contributed by atoms with Crippen molar-refractivity contribution in [2.24, 2.45) is 0 Å².